The van der Waals surface area contributed by atoms with Crippen molar-refractivity contribution in [2.45, 2.75) is 45.7 Å². The maximum atomic E-state index is 5.69. The number of rotatable bonds is 8. The lowest BCUT2D eigenvalue weighted by atomic mass is 10.0. The van der Waals surface area contributed by atoms with Gasteiger partial charge in [-0.15, -0.1) is 0 Å². The van der Waals surface area contributed by atoms with E-state index in [1.54, 1.807) is 0 Å². The van der Waals surface area contributed by atoms with Crippen LogP contribution in [0.1, 0.15) is 33.6 Å². The Morgan fingerprint density at radius 3 is 2.70 bits per heavy atom. The van der Waals surface area contributed by atoms with Gasteiger partial charge in [-0.2, -0.15) is 0 Å². The summed E-state index contributed by atoms with van der Waals surface area (Å²) in [6.07, 6.45) is 2.54. The summed E-state index contributed by atoms with van der Waals surface area (Å²) in [4.78, 5) is 5.26. The van der Waals surface area contributed by atoms with Crippen molar-refractivity contribution in [2.75, 3.05) is 52.5 Å². The molecule has 0 aromatic rings. The van der Waals surface area contributed by atoms with E-state index in [0.717, 1.165) is 25.8 Å². The standard InChI is InChI=1S/C16H33N3O/c1-4-8-17-16-13-20-12-14(16)10-18-9-7-15(11-18)19(5-2)6-3/h14-17H,4-13H2,1-3H3. The molecule has 3 unspecified atom stereocenters. The van der Waals surface area contributed by atoms with Crippen LogP contribution in [-0.4, -0.2) is 74.4 Å². The predicted molar refractivity (Wildman–Crippen MR) is 84.2 cm³/mol. The van der Waals surface area contributed by atoms with Gasteiger partial charge in [0.1, 0.15) is 0 Å². The number of hydrogen-bond donors (Lipinski definition) is 1. The van der Waals surface area contributed by atoms with Crippen molar-refractivity contribution in [1.82, 2.24) is 15.1 Å². The molecule has 0 aromatic carbocycles. The van der Waals surface area contributed by atoms with Crippen LogP contribution in [-0.2, 0) is 4.74 Å². The molecule has 20 heavy (non-hydrogen) atoms. The van der Waals surface area contributed by atoms with Crippen molar-refractivity contribution in [1.29, 1.82) is 0 Å². The number of likely N-dealkylation sites (N-methyl/N-ethyl adjacent to an activating group) is 1. The summed E-state index contributed by atoms with van der Waals surface area (Å²) in [5, 5.41) is 3.65. The molecule has 0 spiro atoms. The largest absolute Gasteiger partial charge is 0.379 e. The van der Waals surface area contributed by atoms with E-state index in [4.69, 9.17) is 4.74 Å². The SMILES string of the molecule is CCCNC1COCC1CN1CCC(N(CC)CC)C1. The second-order valence-electron chi connectivity index (χ2n) is 6.28. The quantitative estimate of drug-likeness (QED) is 0.729. The zero-order valence-corrected chi connectivity index (χ0v) is 13.6. The molecule has 0 saturated carbocycles. The second-order valence-corrected chi connectivity index (χ2v) is 6.28. The minimum atomic E-state index is 0.572. The van der Waals surface area contributed by atoms with Crippen LogP contribution in [0.5, 0.6) is 0 Å². The van der Waals surface area contributed by atoms with Crippen molar-refractivity contribution < 1.29 is 4.74 Å². The van der Waals surface area contributed by atoms with E-state index < -0.39 is 0 Å². The van der Waals surface area contributed by atoms with Crippen molar-refractivity contribution in [3.8, 4) is 0 Å². The van der Waals surface area contributed by atoms with E-state index in [1.807, 2.05) is 0 Å². The van der Waals surface area contributed by atoms with Crippen LogP contribution in [0.25, 0.3) is 0 Å². The molecule has 4 nitrogen and oxygen atoms in total. The molecule has 0 bridgehead atoms. The molecule has 2 aliphatic rings. The van der Waals surface area contributed by atoms with Gasteiger partial charge in [-0.05, 0) is 39.0 Å². The molecule has 2 rings (SSSR count). The molecule has 2 fully saturated rings. The fraction of sp³-hybridized carbons (Fsp3) is 1.00. The zero-order valence-electron chi connectivity index (χ0n) is 13.6. The van der Waals surface area contributed by atoms with Gasteiger partial charge in [-0.1, -0.05) is 20.8 Å². The van der Waals surface area contributed by atoms with Crippen LogP contribution in [0.15, 0.2) is 0 Å². The number of hydrogen-bond acceptors (Lipinski definition) is 4. The second kappa shape index (κ2) is 8.32. The van der Waals surface area contributed by atoms with Gasteiger partial charge >= 0.3 is 0 Å². The van der Waals surface area contributed by atoms with E-state index in [1.165, 1.54) is 45.6 Å². The Balaban J connectivity index is 1.76. The summed E-state index contributed by atoms with van der Waals surface area (Å²) in [6, 6.07) is 1.34. The lowest BCUT2D eigenvalue weighted by Crippen LogP contribution is -2.43. The summed E-state index contributed by atoms with van der Waals surface area (Å²) in [5.41, 5.74) is 0. The highest BCUT2D eigenvalue weighted by Gasteiger charge is 2.32. The van der Waals surface area contributed by atoms with E-state index in [2.05, 4.69) is 35.9 Å². The number of likely N-dealkylation sites (tertiary alicyclic amines) is 1. The highest BCUT2D eigenvalue weighted by atomic mass is 16.5. The third-order valence-corrected chi connectivity index (χ3v) is 4.92. The Morgan fingerprint density at radius 2 is 2.00 bits per heavy atom. The Bertz CT molecular complexity index is 270. The van der Waals surface area contributed by atoms with Crippen LogP contribution in [0.3, 0.4) is 0 Å². The first-order chi connectivity index (χ1) is 9.78. The average molecular weight is 283 g/mol. The molecule has 118 valence electrons. The predicted octanol–water partition coefficient (Wildman–Crippen LogP) is 1.42. The summed E-state index contributed by atoms with van der Waals surface area (Å²) in [7, 11) is 0. The third kappa shape index (κ3) is 4.17. The van der Waals surface area contributed by atoms with E-state index >= 15 is 0 Å². The Labute approximate surface area is 124 Å². The monoisotopic (exact) mass is 283 g/mol. The van der Waals surface area contributed by atoms with Gasteiger partial charge in [-0.3, -0.25) is 4.90 Å². The van der Waals surface area contributed by atoms with E-state index in [0.29, 0.717) is 12.0 Å². The van der Waals surface area contributed by atoms with Gasteiger partial charge in [-0.25, -0.2) is 0 Å². The number of ether oxygens (including phenoxy) is 1. The van der Waals surface area contributed by atoms with Gasteiger partial charge < -0.3 is 15.0 Å². The lowest BCUT2D eigenvalue weighted by Gasteiger charge is -2.28. The van der Waals surface area contributed by atoms with Gasteiger partial charge in [0, 0.05) is 31.1 Å². The Morgan fingerprint density at radius 1 is 1.20 bits per heavy atom. The first kappa shape index (κ1) is 16.2. The average Bonchev–Trinajstić information content (AvgIpc) is 3.08. The smallest absolute Gasteiger partial charge is 0.0623 e. The van der Waals surface area contributed by atoms with Crippen molar-refractivity contribution >= 4 is 0 Å². The van der Waals surface area contributed by atoms with Gasteiger partial charge in [0.15, 0.2) is 0 Å². The van der Waals surface area contributed by atoms with Crippen LogP contribution in [0, 0.1) is 5.92 Å². The van der Waals surface area contributed by atoms with E-state index in [9.17, 15) is 0 Å². The highest BCUT2D eigenvalue weighted by molar-refractivity contribution is 4.88. The van der Waals surface area contributed by atoms with Crippen molar-refractivity contribution in [3.63, 3.8) is 0 Å². The van der Waals surface area contributed by atoms with Crippen LogP contribution in [0.4, 0.5) is 0 Å². The van der Waals surface area contributed by atoms with Crippen molar-refractivity contribution in [2.24, 2.45) is 5.92 Å². The Kier molecular flexibility index (Phi) is 6.75. The lowest BCUT2D eigenvalue weighted by molar-refractivity contribution is 0.167. The molecule has 2 heterocycles. The van der Waals surface area contributed by atoms with Crippen LogP contribution >= 0.6 is 0 Å². The first-order valence-electron chi connectivity index (χ1n) is 8.55. The fourth-order valence-electron chi connectivity index (χ4n) is 3.68. The van der Waals surface area contributed by atoms with Gasteiger partial charge in [0.05, 0.1) is 13.2 Å². The van der Waals surface area contributed by atoms with Gasteiger partial charge in [0.2, 0.25) is 0 Å². The topological polar surface area (TPSA) is 27.7 Å². The minimum Gasteiger partial charge on any atom is -0.379 e. The molecular weight excluding hydrogens is 250 g/mol. The molecule has 0 aliphatic carbocycles. The molecule has 1 N–H and O–H groups in total. The zero-order chi connectivity index (χ0) is 14.4. The highest BCUT2D eigenvalue weighted by Crippen LogP contribution is 2.20. The fourth-order valence-corrected chi connectivity index (χ4v) is 3.68. The molecule has 0 radical (unpaired) electrons. The summed E-state index contributed by atoms with van der Waals surface area (Å²) in [6.45, 7) is 15.8. The van der Waals surface area contributed by atoms with Crippen LogP contribution in [0.2, 0.25) is 0 Å². The number of nitrogens with one attached hydrogen (secondary N) is 1. The number of nitrogens with zero attached hydrogens (tertiary/aromatic N) is 2. The maximum Gasteiger partial charge on any atom is 0.0623 e. The van der Waals surface area contributed by atoms with Crippen molar-refractivity contribution in [3.05, 3.63) is 0 Å². The third-order valence-electron chi connectivity index (χ3n) is 4.92. The summed E-state index contributed by atoms with van der Waals surface area (Å²) < 4.78 is 5.69. The Hall–Kier alpha value is -0.160. The molecule has 2 aliphatic heterocycles. The summed E-state index contributed by atoms with van der Waals surface area (Å²) >= 11 is 0. The molecule has 0 amide bonds. The first-order valence-corrected chi connectivity index (χ1v) is 8.55. The normalized spacial score (nSPS) is 31.5. The molecule has 2 saturated heterocycles. The van der Waals surface area contributed by atoms with E-state index in [-0.39, 0.29) is 0 Å². The molecule has 0 aromatic heterocycles. The summed E-state index contributed by atoms with van der Waals surface area (Å²) in [5.74, 6) is 0.678. The van der Waals surface area contributed by atoms with Crippen LogP contribution < -0.4 is 5.32 Å². The molecular formula is C16H33N3O. The molecule has 4 heteroatoms. The van der Waals surface area contributed by atoms with Gasteiger partial charge in [0.25, 0.3) is 0 Å². The minimum absolute atomic E-state index is 0.572. The maximum absolute atomic E-state index is 5.69. The molecule has 3 atom stereocenters.